The summed E-state index contributed by atoms with van der Waals surface area (Å²) < 4.78 is 16.5. The molecule has 2 aromatic carbocycles. The average Bonchev–Trinajstić information content (AvgIpc) is 3.32. The summed E-state index contributed by atoms with van der Waals surface area (Å²) in [5.74, 6) is -0.802. The number of nitrogens with zero attached hydrogens (tertiary/aromatic N) is 1. The minimum absolute atomic E-state index is 0.219. The van der Waals surface area contributed by atoms with Crippen molar-refractivity contribution in [3.63, 3.8) is 0 Å². The smallest absolute Gasteiger partial charge is 0.407 e. The molecule has 0 bridgehead atoms. The number of fused-ring (bicyclic) bond motifs is 4. The number of carbonyl (C=O) groups excluding carboxylic acids is 4. The summed E-state index contributed by atoms with van der Waals surface area (Å²) in [5, 5.41) is 2.59. The van der Waals surface area contributed by atoms with Gasteiger partial charge in [-0.2, -0.15) is 0 Å². The molecule has 0 aromatic heterocycles. The van der Waals surface area contributed by atoms with Crippen molar-refractivity contribution in [3.8, 4) is 16.9 Å². The van der Waals surface area contributed by atoms with Crippen molar-refractivity contribution in [2.45, 2.75) is 84.2 Å². The molecule has 1 fully saturated rings. The lowest BCUT2D eigenvalue weighted by Crippen LogP contribution is -2.56. The van der Waals surface area contributed by atoms with Gasteiger partial charge in [-0.25, -0.2) is 9.59 Å². The van der Waals surface area contributed by atoms with E-state index in [0.717, 1.165) is 22.3 Å². The molecule has 2 amide bonds. The van der Waals surface area contributed by atoms with Crippen LogP contribution in [-0.2, 0) is 32.1 Å². The molecule has 0 spiro atoms. The number of alkyl carbamates (subject to hydrolysis) is 1. The molecule has 0 radical (unpaired) electrons. The Morgan fingerprint density at radius 3 is 2.52 bits per heavy atom. The van der Waals surface area contributed by atoms with E-state index < -0.39 is 30.3 Å². The van der Waals surface area contributed by atoms with Gasteiger partial charge in [0, 0.05) is 17.2 Å². The van der Waals surface area contributed by atoms with Crippen LogP contribution in [-0.4, -0.2) is 60.0 Å². The lowest BCUT2D eigenvalue weighted by Gasteiger charge is -2.33. The van der Waals surface area contributed by atoms with Crippen LogP contribution >= 0.6 is 0 Å². The molecule has 9 nitrogen and oxygen atoms in total. The number of benzene rings is 2. The van der Waals surface area contributed by atoms with Gasteiger partial charge >= 0.3 is 12.1 Å². The molecule has 4 atom stereocenters. The van der Waals surface area contributed by atoms with Gasteiger partial charge in [-0.15, -0.1) is 0 Å². The zero-order valence-electron chi connectivity index (χ0n) is 23.6. The number of likely N-dealkylation sites (tertiary alicyclic amines) is 1. The molecule has 1 N–H and O–H groups in total. The number of ketones is 1. The Labute approximate surface area is 234 Å². The third-order valence-electron chi connectivity index (χ3n) is 8.22. The Morgan fingerprint density at radius 1 is 1.02 bits per heavy atom. The van der Waals surface area contributed by atoms with Crippen LogP contribution in [0.5, 0.6) is 5.75 Å². The monoisotopic (exact) mass is 548 g/mol. The normalized spacial score (nSPS) is 22.0. The Kier molecular flexibility index (Phi) is 7.57. The molecule has 2 heterocycles. The number of nitrogens with one attached hydrogen (secondary N) is 1. The number of Topliss-reactive ketones (excluding diaryl/α,β-unsaturated/α-hetero) is 1. The maximum absolute atomic E-state index is 13.5. The van der Waals surface area contributed by atoms with Crippen LogP contribution in [0.15, 0.2) is 30.3 Å². The zero-order chi connectivity index (χ0) is 28.7. The largest absolute Gasteiger partial charge is 0.488 e. The van der Waals surface area contributed by atoms with Crippen molar-refractivity contribution >= 4 is 23.8 Å². The van der Waals surface area contributed by atoms with Gasteiger partial charge in [-0.05, 0) is 74.3 Å². The van der Waals surface area contributed by atoms with E-state index in [-0.39, 0.29) is 23.7 Å². The fourth-order valence-corrected chi connectivity index (χ4v) is 6.02. The van der Waals surface area contributed by atoms with E-state index in [9.17, 15) is 19.2 Å². The van der Waals surface area contributed by atoms with E-state index in [1.807, 2.05) is 33.8 Å². The summed E-state index contributed by atoms with van der Waals surface area (Å²) in [6, 6.07) is 8.17. The van der Waals surface area contributed by atoms with Gasteiger partial charge < -0.3 is 24.4 Å². The number of ether oxygens (including phenoxy) is 3. The Balaban J connectivity index is 1.33. The highest BCUT2D eigenvalue weighted by Crippen LogP contribution is 2.41. The first kappa shape index (κ1) is 27.7. The minimum Gasteiger partial charge on any atom is -0.488 e. The van der Waals surface area contributed by atoms with Crippen molar-refractivity contribution in [1.29, 1.82) is 0 Å². The SMILES string of the molecule is COC(=O)N[C@H](C(=O)N1[C@@H](C)CC[C@H]1C(=O)OC1CCc2cc3c(cc2C1=O)OCc1cc(C)ccc1-3)C(C)C. The lowest BCUT2D eigenvalue weighted by atomic mass is 9.84. The van der Waals surface area contributed by atoms with Crippen LogP contribution in [0.4, 0.5) is 4.79 Å². The standard InChI is InChI=1S/C31H36N2O7/c1-16(2)27(32-31(37)38-5)29(35)33-18(4)7-10-24(33)30(36)40-25-11-8-19-13-23-21-9-6-17(3)12-20(21)15-39-26(23)14-22(19)28(25)34/h6,9,12-14,16,18,24-25,27H,7-8,10-11,15H2,1-5H3,(H,32,37)/t18-,24-,25?,27-/m0/s1. The molecule has 1 aliphatic carbocycles. The van der Waals surface area contributed by atoms with E-state index in [1.54, 1.807) is 6.07 Å². The van der Waals surface area contributed by atoms with Crippen molar-refractivity contribution < 1.29 is 33.4 Å². The number of aryl methyl sites for hydroxylation is 2. The lowest BCUT2D eigenvalue weighted by molar-refractivity contribution is -0.158. The van der Waals surface area contributed by atoms with Crippen LogP contribution in [0, 0.1) is 12.8 Å². The first-order valence-electron chi connectivity index (χ1n) is 13.9. The Morgan fingerprint density at radius 2 is 1.80 bits per heavy atom. The van der Waals surface area contributed by atoms with E-state index in [2.05, 4.69) is 28.3 Å². The number of rotatable bonds is 5. The quantitative estimate of drug-likeness (QED) is 0.553. The number of methoxy groups -OCH3 is 1. The highest BCUT2D eigenvalue weighted by molar-refractivity contribution is 6.04. The number of hydrogen-bond donors (Lipinski definition) is 1. The van der Waals surface area contributed by atoms with Crippen molar-refractivity contribution in [2.24, 2.45) is 5.92 Å². The maximum Gasteiger partial charge on any atom is 0.407 e. The van der Waals surface area contributed by atoms with Gasteiger partial charge in [0.05, 0.1) is 7.11 Å². The van der Waals surface area contributed by atoms with Gasteiger partial charge in [0.25, 0.3) is 0 Å². The first-order chi connectivity index (χ1) is 19.1. The second kappa shape index (κ2) is 10.9. The van der Waals surface area contributed by atoms with E-state index in [4.69, 9.17) is 9.47 Å². The highest BCUT2D eigenvalue weighted by atomic mass is 16.6. The fourth-order valence-electron chi connectivity index (χ4n) is 6.02. The Bertz CT molecular complexity index is 1370. The van der Waals surface area contributed by atoms with Crippen molar-refractivity contribution in [3.05, 3.63) is 52.6 Å². The number of esters is 1. The molecular weight excluding hydrogens is 512 g/mol. The molecule has 212 valence electrons. The van der Waals surface area contributed by atoms with Gasteiger partial charge in [-0.1, -0.05) is 37.6 Å². The van der Waals surface area contributed by atoms with Gasteiger partial charge in [-0.3, -0.25) is 9.59 Å². The topological polar surface area (TPSA) is 111 Å². The molecule has 2 aliphatic heterocycles. The minimum atomic E-state index is -0.932. The summed E-state index contributed by atoms with van der Waals surface area (Å²) in [5.41, 5.74) is 5.78. The second-order valence-electron chi connectivity index (χ2n) is 11.3. The van der Waals surface area contributed by atoms with Crippen LogP contribution in [0.3, 0.4) is 0 Å². The first-order valence-corrected chi connectivity index (χ1v) is 13.9. The third-order valence-corrected chi connectivity index (χ3v) is 8.22. The van der Waals surface area contributed by atoms with Crippen molar-refractivity contribution in [2.75, 3.05) is 7.11 Å². The predicted octanol–water partition coefficient (Wildman–Crippen LogP) is 4.36. The molecule has 40 heavy (non-hydrogen) atoms. The summed E-state index contributed by atoms with van der Waals surface area (Å²) in [7, 11) is 1.23. The van der Waals surface area contributed by atoms with Gasteiger partial charge in [0.2, 0.25) is 11.7 Å². The van der Waals surface area contributed by atoms with Gasteiger partial charge in [0.1, 0.15) is 24.4 Å². The molecule has 0 saturated carbocycles. The molecular formula is C31H36N2O7. The van der Waals surface area contributed by atoms with E-state index in [1.165, 1.54) is 17.6 Å². The fraction of sp³-hybridized carbons (Fsp3) is 0.484. The van der Waals surface area contributed by atoms with E-state index in [0.29, 0.717) is 43.6 Å². The average molecular weight is 549 g/mol. The zero-order valence-corrected chi connectivity index (χ0v) is 23.6. The number of hydrogen-bond acceptors (Lipinski definition) is 7. The van der Waals surface area contributed by atoms with Crippen molar-refractivity contribution in [1.82, 2.24) is 10.2 Å². The summed E-state index contributed by atoms with van der Waals surface area (Å²) in [6.07, 6.45) is 0.336. The number of amides is 2. The molecule has 1 unspecified atom stereocenters. The molecule has 2 aromatic rings. The van der Waals surface area contributed by atoms with Crippen LogP contribution in [0.1, 0.15) is 67.1 Å². The van der Waals surface area contributed by atoms with E-state index >= 15 is 0 Å². The molecule has 3 aliphatic rings. The van der Waals surface area contributed by atoms with Crippen LogP contribution in [0.25, 0.3) is 11.1 Å². The predicted molar refractivity (Wildman–Crippen MR) is 147 cm³/mol. The van der Waals surface area contributed by atoms with Crippen LogP contribution in [0.2, 0.25) is 0 Å². The molecule has 9 heteroatoms. The summed E-state index contributed by atoms with van der Waals surface area (Å²) in [4.78, 5) is 53.7. The second-order valence-corrected chi connectivity index (χ2v) is 11.3. The van der Waals surface area contributed by atoms with Crippen LogP contribution < -0.4 is 10.1 Å². The Hall–Kier alpha value is -3.88. The summed E-state index contributed by atoms with van der Waals surface area (Å²) in [6.45, 7) is 7.97. The molecule has 1 saturated heterocycles. The van der Waals surface area contributed by atoms with Gasteiger partial charge in [0.15, 0.2) is 6.10 Å². The highest BCUT2D eigenvalue weighted by Gasteiger charge is 2.44. The summed E-state index contributed by atoms with van der Waals surface area (Å²) >= 11 is 0. The molecule has 5 rings (SSSR count). The maximum atomic E-state index is 13.5. The number of carbonyl (C=O) groups is 4. The third kappa shape index (κ3) is 5.05.